The topological polar surface area (TPSA) is 59.0 Å². The summed E-state index contributed by atoms with van der Waals surface area (Å²) in [6.45, 7) is 0.211. The van der Waals surface area contributed by atoms with E-state index in [1.165, 1.54) is 11.9 Å². The summed E-state index contributed by atoms with van der Waals surface area (Å²) in [6.07, 6.45) is 4.03. The maximum absolute atomic E-state index is 15.3. The average Bonchev–Trinajstić information content (AvgIpc) is 3.46. The molecule has 0 saturated heterocycles. The predicted molar refractivity (Wildman–Crippen MR) is 143 cm³/mol. The van der Waals surface area contributed by atoms with Gasteiger partial charge in [-0.3, -0.25) is 9.40 Å². The number of fused-ring (bicyclic) bond motifs is 2. The van der Waals surface area contributed by atoms with Crippen molar-refractivity contribution in [1.29, 1.82) is 0 Å². The molecule has 2 aromatic carbocycles. The first-order chi connectivity index (χ1) is 17.0. The molecule has 5 rings (SSSR count). The molecule has 2 amide bonds. The largest absolute Gasteiger partial charge is 0.331 e. The molecule has 0 unspecified atom stereocenters. The molecule has 2 N–H and O–H groups in total. The zero-order valence-corrected chi connectivity index (χ0v) is 21.6. The summed E-state index contributed by atoms with van der Waals surface area (Å²) in [5, 5.41) is 9.34. The van der Waals surface area contributed by atoms with Crippen LogP contribution in [0.5, 0.6) is 0 Å². The molecule has 10 heteroatoms. The quantitative estimate of drug-likeness (QED) is 0.246. The van der Waals surface area contributed by atoms with Crippen molar-refractivity contribution < 1.29 is 9.18 Å². The van der Waals surface area contributed by atoms with Crippen LogP contribution in [0.4, 0.5) is 9.18 Å². The van der Waals surface area contributed by atoms with Crippen LogP contribution in [0.15, 0.2) is 64.8 Å². The van der Waals surface area contributed by atoms with Gasteiger partial charge in [-0.2, -0.15) is 5.10 Å². The van der Waals surface area contributed by atoms with Crippen LogP contribution in [0, 0.1) is 0 Å². The van der Waals surface area contributed by atoms with Crippen LogP contribution in [0.3, 0.4) is 0 Å². The Kier molecular flexibility index (Phi) is 7.34. The normalized spacial score (nSPS) is 14.6. The summed E-state index contributed by atoms with van der Waals surface area (Å²) < 4.78 is 21.9. The second-order valence-corrected chi connectivity index (χ2v) is 11.2. The number of allylic oxidation sites excluding steroid dienone is 1. The number of aromatic nitrogens is 2. The fourth-order valence-electron chi connectivity index (χ4n) is 4.13. The van der Waals surface area contributed by atoms with Gasteiger partial charge in [0.05, 0.1) is 29.2 Å². The van der Waals surface area contributed by atoms with Gasteiger partial charge >= 0.3 is 6.03 Å². The smallest absolute Gasteiger partial charge is 0.325 e. The molecule has 180 valence electrons. The Labute approximate surface area is 220 Å². The minimum atomic E-state index is -0.444. The van der Waals surface area contributed by atoms with Gasteiger partial charge in [0.15, 0.2) is 0 Å². The van der Waals surface area contributed by atoms with Crippen molar-refractivity contribution in [2.45, 2.75) is 30.0 Å². The van der Waals surface area contributed by atoms with E-state index in [-0.39, 0.29) is 12.4 Å². The minimum absolute atomic E-state index is 0.194. The number of hydrogen-bond acceptors (Lipinski definition) is 4. The summed E-state index contributed by atoms with van der Waals surface area (Å²) in [5.74, 6) is -0.364. The van der Waals surface area contributed by atoms with E-state index in [0.717, 1.165) is 44.0 Å². The molecule has 2 aromatic heterocycles. The van der Waals surface area contributed by atoms with Crippen molar-refractivity contribution in [2.24, 2.45) is 0 Å². The Morgan fingerprint density at radius 3 is 2.86 bits per heavy atom. The number of amides is 2. The third-order valence-corrected chi connectivity index (χ3v) is 8.39. The van der Waals surface area contributed by atoms with Gasteiger partial charge in [-0.25, -0.2) is 9.18 Å². The van der Waals surface area contributed by atoms with Gasteiger partial charge in [-0.05, 0) is 72.0 Å². The highest BCUT2D eigenvalue weighted by molar-refractivity contribution is 7.99. The van der Waals surface area contributed by atoms with E-state index in [1.807, 2.05) is 36.4 Å². The van der Waals surface area contributed by atoms with Crippen molar-refractivity contribution in [2.75, 3.05) is 6.54 Å². The standard InChI is InChI=1S/C25H21Cl2FN4OS2/c26-18-9-8-17(20(27)11-18)14-32-24-16(12-30-32)5-3-6-19(24)21(28)13-29-25(33)31-35-23-10-15-4-1-2-7-22(15)34-23/h1-2,4,7-12H,3,5-6,13-14H2,(H2,29,31,33)/b21-19-. The lowest BCUT2D eigenvalue weighted by Gasteiger charge is -2.19. The molecule has 0 fully saturated rings. The molecule has 0 radical (unpaired) electrons. The Morgan fingerprint density at radius 2 is 2.03 bits per heavy atom. The molecule has 5 nitrogen and oxygen atoms in total. The van der Waals surface area contributed by atoms with Crippen LogP contribution >= 0.6 is 46.5 Å². The second-order valence-electron chi connectivity index (χ2n) is 8.14. The number of urea groups is 1. The van der Waals surface area contributed by atoms with Crippen molar-refractivity contribution in [3.63, 3.8) is 0 Å². The molecule has 0 saturated carbocycles. The molecule has 0 atom stereocenters. The lowest BCUT2D eigenvalue weighted by Crippen LogP contribution is -2.32. The van der Waals surface area contributed by atoms with Crippen LogP contribution in [-0.2, 0) is 13.0 Å². The van der Waals surface area contributed by atoms with E-state index < -0.39 is 6.03 Å². The monoisotopic (exact) mass is 546 g/mol. The fourth-order valence-corrected chi connectivity index (χ4v) is 6.41. The maximum Gasteiger partial charge on any atom is 0.325 e. The average molecular weight is 548 g/mol. The molecule has 4 aromatic rings. The summed E-state index contributed by atoms with van der Waals surface area (Å²) in [4.78, 5) is 12.3. The van der Waals surface area contributed by atoms with Gasteiger partial charge in [0.2, 0.25) is 0 Å². The summed E-state index contributed by atoms with van der Waals surface area (Å²) in [6, 6.07) is 14.9. The van der Waals surface area contributed by atoms with Crippen molar-refractivity contribution in [3.05, 3.63) is 87.4 Å². The predicted octanol–water partition coefficient (Wildman–Crippen LogP) is 7.48. The maximum atomic E-state index is 15.3. The first-order valence-electron chi connectivity index (χ1n) is 11.0. The highest BCUT2D eigenvalue weighted by Gasteiger charge is 2.24. The molecule has 0 aliphatic heterocycles. The molecular formula is C25H21Cl2FN4OS2. The minimum Gasteiger partial charge on any atom is -0.331 e. The lowest BCUT2D eigenvalue weighted by atomic mass is 9.92. The number of nitrogens with one attached hydrogen (secondary N) is 2. The summed E-state index contributed by atoms with van der Waals surface area (Å²) in [7, 11) is 0. The number of aryl methyl sites for hydroxylation is 1. The van der Waals surface area contributed by atoms with Gasteiger partial charge in [-0.15, -0.1) is 11.3 Å². The summed E-state index contributed by atoms with van der Waals surface area (Å²) in [5.41, 5.74) is 3.19. The number of carbonyl (C=O) groups is 1. The van der Waals surface area contributed by atoms with Crippen molar-refractivity contribution >= 4 is 68.2 Å². The van der Waals surface area contributed by atoms with Crippen molar-refractivity contribution in [3.8, 4) is 0 Å². The molecule has 1 aliphatic rings. The third kappa shape index (κ3) is 5.51. The van der Waals surface area contributed by atoms with Gasteiger partial charge in [-0.1, -0.05) is 47.5 Å². The SMILES string of the molecule is O=C(NC/C(F)=C1\CCCc2cnn(Cc3ccc(Cl)cc3Cl)c21)NSc1cc2ccccc2s1. The Bertz CT molecular complexity index is 1400. The number of nitrogens with zero attached hydrogens (tertiary/aromatic N) is 2. The van der Waals surface area contributed by atoms with Crippen LogP contribution in [-0.4, -0.2) is 22.4 Å². The van der Waals surface area contributed by atoms with E-state index >= 15 is 4.39 Å². The van der Waals surface area contributed by atoms with Gasteiger partial charge in [0, 0.05) is 20.3 Å². The van der Waals surface area contributed by atoms with Crippen LogP contribution in [0.2, 0.25) is 10.0 Å². The molecule has 1 aliphatic carbocycles. The molecule has 0 spiro atoms. The molecule has 35 heavy (non-hydrogen) atoms. The van der Waals surface area contributed by atoms with Crippen LogP contribution in [0.25, 0.3) is 15.7 Å². The number of thiophene rings is 1. The van der Waals surface area contributed by atoms with Gasteiger partial charge < -0.3 is 5.32 Å². The zero-order valence-electron chi connectivity index (χ0n) is 18.5. The second kappa shape index (κ2) is 10.6. The van der Waals surface area contributed by atoms with E-state index in [2.05, 4.69) is 15.1 Å². The Balaban J connectivity index is 1.26. The van der Waals surface area contributed by atoms with Crippen LogP contribution in [0.1, 0.15) is 29.7 Å². The first-order valence-corrected chi connectivity index (χ1v) is 13.4. The molecular weight excluding hydrogens is 526 g/mol. The zero-order chi connectivity index (χ0) is 24.4. The van der Waals surface area contributed by atoms with E-state index in [1.54, 1.807) is 34.3 Å². The summed E-state index contributed by atoms with van der Waals surface area (Å²) >= 11 is 15.2. The van der Waals surface area contributed by atoms with Crippen molar-refractivity contribution in [1.82, 2.24) is 19.8 Å². The van der Waals surface area contributed by atoms with Gasteiger partial charge in [0.1, 0.15) is 5.83 Å². The number of hydrogen-bond donors (Lipinski definition) is 2. The first kappa shape index (κ1) is 24.2. The molecule has 2 heterocycles. The van der Waals surface area contributed by atoms with Gasteiger partial charge in [0.25, 0.3) is 0 Å². The third-order valence-electron chi connectivity index (χ3n) is 5.79. The Hall–Kier alpha value is -2.52. The lowest BCUT2D eigenvalue weighted by molar-refractivity contribution is 0.246. The highest BCUT2D eigenvalue weighted by atomic mass is 35.5. The van der Waals surface area contributed by atoms with E-state index in [0.29, 0.717) is 28.6 Å². The highest BCUT2D eigenvalue weighted by Crippen LogP contribution is 2.35. The van der Waals surface area contributed by atoms with E-state index in [4.69, 9.17) is 23.2 Å². The Morgan fingerprint density at radius 1 is 1.17 bits per heavy atom. The van der Waals surface area contributed by atoms with E-state index in [9.17, 15) is 4.79 Å². The fraction of sp³-hybridized carbons (Fsp3) is 0.200. The number of benzene rings is 2. The number of rotatable bonds is 6. The number of halogens is 3. The number of carbonyl (C=O) groups excluding carboxylic acids is 1. The van der Waals surface area contributed by atoms with Crippen LogP contribution < -0.4 is 10.0 Å². The molecule has 0 bridgehead atoms.